The minimum Gasteiger partial charge on any atom is -0.496 e. The molecule has 288 valence electrons. The molecular weight excluding hydrogens is 658 g/mol. The predicted octanol–water partition coefficient (Wildman–Crippen LogP) is 6.64. The number of aryl methyl sites for hydroxylation is 1. The molecule has 0 aromatic heterocycles. The number of hydrogen-bond acceptors (Lipinski definition) is 6. The number of carbonyl (C=O) groups is 4. The van der Waals surface area contributed by atoms with Crippen molar-refractivity contribution in [1.82, 2.24) is 16.0 Å². The van der Waals surface area contributed by atoms with Gasteiger partial charge in [0, 0.05) is 13.0 Å². The number of amides is 3. The Morgan fingerprint density at radius 2 is 1.56 bits per heavy atom. The van der Waals surface area contributed by atoms with Gasteiger partial charge in [0.2, 0.25) is 17.7 Å². The molecule has 3 atom stereocenters. The second-order valence-electron chi connectivity index (χ2n) is 14.7. The van der Waals surface area contributed by atoms with Crippen LogP contribution in [0.4, 0.5) is 0 Å². The number of aliphatic carboxylic acids is 1. The number of aliphatic hydroxyl groups excluding tert-OH is 1. The SMILES string of the molecule is CC.CCc1cc(C[C@@H](NC(=O)/C=C/CCC(C)/C=C/c2ccc(CO)cc2)C(=O)NCC(C)(C)C(=O)NC(CC(C)(C)C)C(=O)O)ccc1OC. The molecule has 0 spiro atoms. The van der Waals surface area contributed by atoms with E-state index in [1.807, 2.05) is 90.1 Å². The van der Waals surface area contributed by atoms with Crippen LogP contribution in [0, 0.1) is 16.7 Å². The Kier molecular flexibility index (Phi) is 19.7. The van der Waals surface area contributed by atoms with Crippen molar-refractivity contribution < 1.29 is 34.1 Å². The molecule has 2 rings (SSSR count). The Balaban J connectivity index is 0.00000664. The van der Waals surface area contributed by atoms with Crippen LogP contribution in [0.3, 0.4) is 0 Å². The van der Waals surface area contributed by atoms with Crippen LogP contribution in [0.15, 0.2) is 60.7 Å². The maximum atomic E-state index is 13.6. The first-order valence-corrected chi connectivity index (χ1v) is 18.3. The average molecular weight is 722 g/mol. The quantitative estimate of drug-likeness (QED) is 0.102. The highest BCUT2D eigenvalue weighted by Crippen LogP contribution is 2.23. The average Bonchev–Trinajstić information content (AvgIpc) is 3.11. The molecule has 5 N–H and O–H groups in total. The molecule has 0 aliphatic rings. The highest BCUT2D eigenvalue weighted by atomic mass is 16.5. The lowest BCUT2D eigenvalue weighted by Crippen LogP contribution is -2.54. The summed E-state index contributed by atoms with van der Waals surface area (Å²) >= 11 is 0. The highest BCUT2D eigenvalue weighted by molar-refractivity contribution is 5.93. The van der Waals surface area contributed by atoms with Crippen LogP contribution in [0.2, 0.25) is 0 Å². The molecule has 10 nitrogen and oxygen atoms in total. The maximum Gasteiger partial charge on any atom is 0.326 e. The molecule has 0 aliphatic carbocycles. The third kappa shape index (κ3) is 16.7. The number of ether oxygens (including phenoxy) is 1. The summed E-state index contributed by atoms with van der Waals surface area (Å²) in [4.78, 5) is 51.6. The van der Waals surface area contributed by atoms with Gasteiger partial charge in [-0.3, -0.25) is 14.4 Å². The van der Waals surface area contributed by atoms with E-state index < -0.39 is 41.2 Å². The smallest absolute Gasteiger partial charge is 0.326 e. The number of benzene rings is 2. The first-order chi connectivity index (χ1) is 24.5. The van der Waals surface area contributed by atoms with E-state index >= 15 is 0 Å². The molecule has 0 radical (unpaired) electrons. The molecule has 2 unspecified atom stereocenters. The van der Waals surface area contributed by atoms with Crippen LogP contribution in [0.1, 0.15) is 104 Å². The summed E-state index contributed by atoms with van der Waals surface area (Å²) in [6.45, 7) is 17.0. The summed E-state index contributed by atoms with van der Waals surface area (Å²) in [6.07, 6.45) is 10.0. The molecule has 52 heavy (non-hydrogen) atoms. The van der Waals surface area contributed by atoms with E-state index in [2.05, 4.69) is 29.0 Å². The van der Waals surface area contributed by atoms with Crippen molar-refractivity contribution in [2.75, 3.05) is 13.7 Å². The minimum absolute atomic E-state index is 0.0123. The zero-order valence-corrected chi connectivity index (χ0v) is 33.0. The third-order valence-electron chi connectivity index (χ3n) is 8.38. The largest absolute Gasteiger partial charge is 0.496 e. The van der Waals surface area contributed by atoms with E-state index in [1.165, 1.54) is 6.08 Å². The Morgan fingerprint density at radius 3 is 2.12 bits per heavy atom. The molecule has 0 aliphatic heterocycles. The van der Waals surface area contributed by atoms with Gasteiger partial charge in [0.05, 0.1) is 19.1 Å². The van der Waals surface area contributed by atoms with Crippen molar-refractivity contribution in [3.63, 3.8) is 0 Å². The van der Waals surface area contributed by atoms with Gasteiger partial charge in [-0.15, -0.1) is 0 Å². The van der Waals surface area contributed by atoms with Crippen LogP contribution in [-0.4, -0.2) is 59.6 Å². The van der Waals surface area contributed by atoms with Crippen LogP contribution in [-0.2, 0) is 38.6 Å². The molecular formula is C42H63N3O7. The molecule has 10 heteroatoms. The monoisotopic (exact) mass is 721 g/mol. The molecule has 0 fully saturated rings. The summed E-state index contributed by atoms with van der Waals surface area (Å²) < 4.78 is 5.45. The van der Waals surface area contributed by atoms with Gasteiger partial charge in [-0.1, -0.05) is 103 Å². The number of carbonyl (C=O) groups excluding carboxylic acids is 3. The van der Waals surface area contributed by atoms with E-state index in [-0.39, 0.29) is 37.3 Å². The number of carboxylic acids is 1. The number of methoxy groups -OCH3 is 1. The molecule has 2 aromatic rings. The van der Waals surface area contributed by atoms with E-state index in [1.54, 1.807) is 27.0 Å². The van der Waals surface area contributed by atoms with Crippen molar-refractivity contribution in [2.24, 2.45) is 16.7 Å². The van der Waals surface area contributed by atoms with Gasteiger partial charge in [-0.2, -0.15) is 0 Å². The van der Waals surface area contributed by atoms with Gasteiger partial charge in [-0.05, 0) is 85.3 Å². The first kappa shape index (κ1) is 45.6. The summed E-state index contributed by atoms with van der Waals surface area (Å²) in [7, 11) is 1.60. The van der Waals surface area contributed by atoms with E-state index in [0.717, 1.165) is 40.8 Å². The number of allylic oxidation sites excluding steroid dienone is 2. The van der Waals surface area contributed by atoms with Crippen molar-refractivity contribution in [1.29, 1.82) is 0 Å². The Bertz CT molecular complexity index is 1490. The molecule has 0 heterocycles. The summed E-state index contributed by atoms with van der Waals surface area (Å²) in [6, 6.07) is 11.3. The first-order valence-electron chi connectivity index (χ1n) is 18.3. The van der Waals surface area contributed by atoms with E-state index in [0.29, 0.717) is 6.42 Å². The second-order valence-corrected chi connectivity index (χ2v) is 14.7. The van der Waals surface area contributed by atoms with Crippen LogP contribution in [0.25, 0.3) is 6.08 Å². The zero-order chi connectivity index (χ0) is 39.5. The van der Waals surface area contributed by atoms with Crippen molar-refractivity contribution in [3.8, 4) is 5.75 Å². The Morgan fingerprint density at radius 1 is 0.923 bits per heavy atom. The number of aliphatic hydroxyl groups is 1. The fraction of sp³-hybridized carbons (Fsp3) is 0.524. The van der Waals surface area contributed by atoms with E-state index in [4.69, 9.17) is 4.74 Å². The number of hydrogen-bond donors (Lipinski definition) is 5. The van der Waals surface area contributed by atoms with Gasteiger partial charge in [0.1, 0.15) is 17.8 Å². The molecule has 0 saturated carbocycles. The van der Waals surface area contributed by atoms with Gasteiger partial charge in [-0.25, -0.2) is 4.79 Å². The molecule has 0 saturated heterocycles. The summed E-state index contributed by atoms with van der Waals surface area (Å²) in [5, 5.41) is 27.2. The van der Waals surface area contributed by atoms with Gasteiger partial charge in [0.25, 0.3) is 0 Å². The van der Waals surface area contributed by atoms with Crippen LogP contribution >= 0.6 is 0 Å². The molecule has 0 bridgehead atoms. The number of carboxylic acid groups (broad SMARTS) is 1. The highest BCUT2D eigenvalue weighted by Gasteiger charge is 2.34. The Labute approximate surface area is 311 Å². The van der Waals surface area contributed by atoms with Gasteiger partial charge >= 0.3 is 5.97 Å². The third-order valence-corrected chi connectivity index (χ3v) is 8.38. The lowest BCUT2D eigenvalue weighted by atomic mass is 9.86. The minimum atomic E-state index is -1.13. The van der Waals surface area contributed by atoms with Crippen LogP contribution < -0.4 is 20.7 Å². The molecule has 3 amide bonds. The fourth-order valence-corrected chi connectivity index (χ4v) is 5.23. The maximum absolute atomic E-state index is 13.6. The normalized spacial score (nSPS) is 13.4. The van der Waals surface area contributed by atoms with Crippen molar-refractivity contribution in [2.45, 2.75) is 113 Å². The fourth-order valence-electron chi connectivity index (χ4n) is 5.23. The van der Waals surface area contributed by atoms with Crippen molar-refractivity contribution >= 4 is 29.8 Å². The standard InChI is InChI=1S/C40H57N3O7.C2H6/c1-9-31-22-30(20-21-34(31)50-8)23-32(36(46)41-26-40(6,7)38(49)43-33(37(47)48)24-39(3,4)5)42-35(45)13-11-10-12-27(2)14-15-28-16-18-29(25-44)19-17-28;1-2/h11,13-22,27,32-33,44H,9-10,12,23-26H2,1-8H3,(H,41,46)(H,42,45)(H,43,49)(H,47,48);1-2H3/b13-11+,15-14+;/t27?,32-,33?;/m1./s1. The molecule has 2 aromatic carbocycles. The van der Waals surface area contributed by atoms with Gasteiger partial charge in [0.15, 0.2) is 0 Å². The van der Waals surface area contributed by atoms with Crippen molar-refractivity contribution in [3.05, 3.63) is 82.9 Å². The Hall–Kier alpha value is -4.44. The number of rotatable bonds is 19. The van der Waals surface area contributed by atoms with Crippen LogP contribution in [0.5, 0.6) is 5.75 Å². The summed E-state index contributed by atoms with van der Waals surface area (Å²) in [5.74, 6) is -1.48. The predicted molar refractivity (Wildman–Crippen MR) is 209 cm³/mol. The topological polar surface area (TPSA) is 154 Å². The summed E-state index contributed by atoms with van der Waals surface area (Å²) in [5.41, 5.74) is 2.27. The number of nitrogens with one attached hydrogen (secondary N) is 3. The second kappa shape index (κ2) is 22.5. The zero-order valence-electron chi connectivity index (χ0n) is 33.0. The lowest BCUT2D eigenvalue weighted by molar-refractivity contribution is -0.144. The lowest BCUT2D eigenvalue weighted by Gasteiger charge is -2.29. The van der Waals surface area contributed by atoms with E-state index in [9.17, 15) is 29.4 Å². The van der Waals surface area contributed by atoms with Gasteiger partial charge < -0.3 is 30.9 Å².